The molecule has 1 saturated heterocycles. The van der Waals surface area contributed by atoms with Crippen LogP contribution in [-0.2, 0) is 0 Å². The van der Waals surface area contributed by atoms with Crippen LogP contribution >= 0.6 is 0 Å². The van der Waals surface area contributed by atoms with Gasteiger partial charge in [-0.05, 0) is 31.6 Å². The standard InChI is InChI=1S/C18H28N4O3/c1-10(2)14(17-20-16(21-25-17)11-6-7-11)19-18(24)22-8-12-4-3-5-13(9-22)15(12)23/h10-15,23H,3-9H2,1-2H3,(H,19,24). The van der Waals surface area contributed by atoms with E-state index in [4.69, 9.17) is 4.52 Å². The molecule has 1 aromatic heterocycles. The molecule has 3 atom stereocenters. The van der Waals surface area contributed by atoms with E-state index in [1.165, 1.54) is 0 Å². The Labute approximate surface area is 148 Å². The molecule has 3 unspecified atom stereocenters. The van der Waals surface area contributed by atoms with Crippen LogP contribution in [0.2, 0.25) is 0 Å². The molecule has 2 bridgehead atoms. The van der Waals surface area contributed by atoms with Gasteiger partial charge in [-0.3, -0.25) is 0 Å². The van der Waals surface area contributed by atoms with Gasteiger partial charge in [-0.2, -0.15) is 4.98 Å². The number of piperidine rings is 1. The smallest absolute Gasteiger partial charge is 0.318 e. The molecule has 2 amide bonds. The third-order valence-electron chi connectivity index (χ3n) is 5.92. The zero-order valence-electron chi connectivity index (χ0n) is 15.0. The second-order valence-corrected chi connectivity index (χ2v) is 8.28. The van der Waals surface area contributed by atoms with Crippen molar-refractivity contribution in [1.82, 2.24) is 20.4 Å². The van der Waals surface area contributed by atoms with E-state index in [1.54, 1.807) is 0 Å². The second kappa shape index (κ2) is 6.59. The van der Waals surface area contributed by atoms with Gasteiger partial charge in [0.05, 0.1) is 6.10 Å². The van der Waals surface area contributed by atoms with E-state index < -0.39 is 0 Å². The zero-order chi connectivity index (χ0) is 17.6. The molecule has 7 nitrogen and oxygen atoms in total. The van der Waals surface area contributed by atoms with Crippen LogP contribution in [0.1, 0.15) is 69.6 Å². The summed E-state index contributed by atoms with van der Waals surface area (Å²) in [5, 5.41) is 17.5. The lowest BCUT2D eigenvalue weighted by molar-refractivity contribution is -0.0372. The Morgan fingerprint density at radius 1 is 1.24 bits per heavy atom. The van der Waals surface area contributed by atoms with E-state index in [0.29, 0.717) is 24.9 Å². The number of aliphatic hydroxyl groups is 1. The molecule has 3 fully saturated rings. The highest BCUT2D eigenvalue weighted by Crippen LogP contribution is 2.39. The van der Waals surface area contributed by atoms with Crippen LogP contribution in [0.25, 0.3) is 0 Å². The van der Waals surface area contributed by atoms with Gasteiger partial charge >= 0.3 is 6.03 Å². The number of hydrogen-bond acceptors (Lipinski definition) is 5. The fourth-order valence-electron chi connectivity index (χ4n) is 4.19. The number of urea groups is 1. The molecule has 7 heteroatoms. The lowest BCUT2D eigenvalue weighted by Gasteiger charge is -2.45. The predicted octanol–water partition coefficient (Wildman–Crippen LogP) is 2.45. The number of aliphatic hydroxyl groups excluding tert-OH is 1. The molecule has 2 saturated carbocycles. The van der Waals surface area contributed by atoms with Crippen molar-refractivity contribution in [1.29, 1.82) is 0 Å². The molecule has 2 heterocycles. The summed E-state index contributed by atoms with van der Waals surface area (Å²) in [6, 6.07) is -0.368. The van der Waals surface area contributed by atoms with Crippen LogP contribution < -0.4 is 5.32 Å². The normalized spacial score (nSPS) is 30.4. The van der Waals surface area contributed by atoms with Crippen molar-refractivity contribution in [2.45, 2.75) is 64.0 Å². The van der Waals surface area contributed by atoms with Crippen LogP contribution in [0.5, 0.6) is 0 Å². The van der Waals surface area contributed by atoms with E-state index in [2.05, 4.69) is 15.5 Å². The Morgan fingerprint density at radius 3 is 2.52 bits per heavy atom. The first-order chi connectivity index (χ1) is 12.0. The highest BCUT2D eigenvalue weighted by Gasteiger charge is 2.40. The van der Waals surface area contributed by atoms with Gasteiger partial charge in [0, 0.05) is 30.8 Å². The van der Waals surface area contributed by atoms with Crippen LogP contribution in [0.15, 0.2) is 4.52 Å². The minimum absolute atomic E-state index is 0.0892. The molecule has 3 aliphatic rings. The van der Waals surface area contributed by atoms with Crippen LogP contribution in [-0.4, -0.2) is 45.4 Å². The molecule has 0 spiro atoms. The second-order valence-electron chi connectivity index (χ2n) is 8.28. The molecule has 2 N–H and O–H groups in total. The summed E-state index contributed by atoms with van der Waals surface area (Å²) in [5.74, 6) is 2.28. The number of amides is 2. The summed E-state index contributed by atoms with van der Waals surface area (Å²) in [5.41, 5.74) is 0. The monoisotopic (exact) mass is 348 g/mol. The van der Waals surface area contributed by atoms with Crippen molar-refractivity contribution >= 4 is 6.03 Å². The highest BCUT2D eigenvalue weighted by atomic mass is 16.5. The Kier molecular flexibility index (Phi) is 4.43. The van der Waals surface area contributed by atoms with Gasteiger partial charge in [0.25, 0.3) is 0 Å². The SMILES string of the molecule is CC(C)C(NC(=O)N1CC2CCCC(C1)C2O)c1nc(C2CC2)no1. The Bertz CT molecular complexity index is 614. The first-order valence-corrected chi connectivity index (χ1v) is 9.60. The average Bonchev–Trinajstić information content (AvgIpc) is 3.30. The molecular formula is C18H28N4O3. The van der Waals surface area contributed by atoms with Crippen LogP contribution in [0.3, 0.4) is 0 Å². The molecular weight excluding hydrogens is 320 g/mol. The van der Waals surface area contributed by atoms with Crippen molar-refractivity contribution in [2.75, 3.05) is 13.1 Å². The summed E-state index contributed by atoms with van der Waals surface area (Å²) in [6.45, 7) is 5.35. The molecule has 1 aromatic rings. The molecule has 0 radical (unpaired) electrons. The first kappa shape index (κ1) is 16.8. The lowest BCUT2D eigenvalue weighted by Crippen LogP contribution is -2.56. The number of fused-ring (bicyclic) bond motifs is 2. The molecule has 2 aliphatic carbocycles. The van der Waals surface area contributed by atoms with E-state index in [9.17, 15) is 9.90 Å². The maximum absolute atomic E-state index is 12.8. The number of likely N-dealkylation sites (tertiary alicyclic amines) is 1. The number of nitrogens with one attached hydrogen (secondary N) is 1. The maximum Gasteiger partial charge on any atom is 0.318 e. The van der Waals surface area contributed by atoms with Gasteiger partial charge in [0.2, 0.25) is 5.89 Å². The van der Waals surface area contributed by atoms with E-state index in [-0.39, 0.29) is 35.9 Å². The number of carbonyl (C=O) groups excluding carboxylic acids is 1. The van der Waals surface area contributed by atoms with E-state index in [1.807, 2.05) is 18.7 Å². The van der Waals surface area contributed by atoms with Gasteiger partial charge in [0.15, 0.2) is 5.82 Å². The number of aromatic nitrogens is 2. The van der Waals surface area contributed by atoms with Gasteiger partial charge in [-0.15, -0.1) is 0 Å². The van der Waals surface area contributed by atoms with Gasteiger partial charge < -0.3 is 19.8 Å². The summed E-state index contributed by atoms with van der Waals surface area (Å²) >= 11 is 0. The van der Waals surface area contributed by atoms with Crippen LogP contribution in [0, 0.1) is 17.8 Å². The minimum atomic E-state index is -0.279. The molecule has 25 heavy (non-hydrogen) atoms. The maximum atomic E-state index is 12.8. The van der Waals surface area contributed by atoms with Crippen molar-refractivity contribution < 1.29 is 14.4 Å². The van der Waals surface area contributed by atoms with Crippen molar-refractivity contribution in [3.05, 3.63) is 11.7 Å². The fraction of sp³-hybridized carbons (Fsp3) is 0.833. The summed E-state index contributed by atoms with van der Waals surface area (Å²) in [4.78, 5) is 19.2. The Hall–Kier alpha value is -1.63. The average molecular weight is 348 g/mol. The summed E-state index contributed by atoms with van der Waals surface area (Å²) < 4.78 is 5.43. The number of nitrogens with zero attached hydrogens (tertiary/aromatic N) is 3. The van der Waals surface area contributed by atoms with Crippen molar-refractivity contribution in [3.63, 3.8) is 0 Å². The fourth-order valence-corrected chi connectivity index (χ4v) is 4.19. The summed E-state index contributed by atoms with van der Waals surface area (Å²) in [7, 11) is 0. The summed E-state index contributed by atoms with van der Waals surface area (Å²) in [6.07, 6.45) is 5.15. The Morgan fingerprint density at radius 2 is 1.92 bits per heavy atom. The highest BCUT2D eigenvalue weighted by molar-refractivity contribution is 5.74. The number of carbonyl (C=O) groups is 1. The van der Waals surface area contributed by atoms with Crippen molar-refractivity contribution in [2.24, 2.45) is 17.8 Å². The quantitative estimate of drug-likeness (QED) is 0.872. The minimum Gasteiger partial charge on any atom is -0.392 e. The largest absolute Gasteiger partial charge is 0.392 e. The molecule has 138 valence electrons. The number of rotatable bonds is 4. The predicted molar refractivity (Wildman–Crippen MR) is 90.8 cm³/mol. The first-order valence-electron chi connectivity index (χ1n) is 9.60. The van der Waals surface area contributed by atoms with Gasteiger partial charge in [0.1, 0.15) is 6.04 Å². The molecule has 0 aromatic carbocycles. The van der Waals surface area contributed by atoms with Gasteiger partial charge in [-0.1, -0.05) is 25.4 Å². The van der Waals surface area contributed by atoms with Crippen LogP contribution in [0.4, 0.5) is 4.79 Å². The van der Waals surface area contributed by atoms with E-state index in [0.717, 1.165) is 37.9 Å². The third kappa shape index (κ3) is 3.38. The molecule has 1 aliphatic heterocycles. The van der Waals surface area contributed by atoms with Gasteiger partial charge in [-0.25, -0.2) is 4.79 Å². The van der Waals surface area contributed by atoms with Crippen molar-refractivity contribution in [3.8, 4) is 0 Å². The number of hydrogen-bond donors (Lipinski definition) is 2. The third-order valence-corrected chi connectivity index (χ3v) is 5.92. The zero-order valence-corrected chi connectivity index (χ0v) is 15.0. The Balaban J connectivity index is 1.43. The lowest BCUT2D eigenvalue weighted by atomic mass is 9.75. The topological polar surface area (TPSA) is 91.5 Å². The molecule has 4 rings (SSSR count). The van der Waals surface area contributed by atoms with E-state index >= 15 is 0 Å².